The van der Waals surface area contributed by atoms with E-state index in [4.69, 9.17) is 10.8 Å². The summed E-state index contributed by atoms with van der Waals surface area (Å²) in [7, 11) is -4.48. The molecule has 66 valence electrons. The van der Waals surface area contributed by atoms with Gasteiger partial charge in [-0.2, -0.15) is 0 Å². The van der Waals surface area contributed by atoms with Gasteiger partial charge in [0.1, 0.15) is 15.9 Å². The Kier molecular flexibility index (Phi) is 4.87. The van der Waals surface area contributed by atoms with Gasteiger partial charge in [-0.1, -0.05) is 0 Å². The van der Waals surface area contributed by atoms with Gasteiger partial charge in [0, 0.05) is 0 Å². The molecule has 0 amide bonds. The molecule has 0 saturated carbocycles. The number of nitrogens with two attached hydrogens (primary N) is 1. The Bertz CT molecular complexity index is 403. The molecule has 0 spiro atoms. The van der Waals surface area contributed by atoms with Crippen LogP contribution in [0.15, 0.2) is 23.1 Å². The second kappa shape index (κ2) is 4.74. The molecule has 0 heterocycles. The van der Waals surface area contributed by atoms with Gasteiger partial charge in [0.2, 0.25) is 0 Å². The average Bonchev–Trinajstić information content (AvgIpc) is 1.92. The molecule has 3 N–H and O–H groups in total. The number of anilines is 1. The van der Waals surface area contributed by atoms with Crippen LogP contribution in [0.25, 0.3) is 0 Å². The van der Waals surface area contributed by atoms with Crippen LogP contribution >= 0.6 is 0 Å². The number of phenols is 1. The molecule has 0 aliphatic rings. The van der Waals surface area contributed by atoms with E-state index in [2.05, 4.69) is 0 Å². The third kappa shape index (κ3) is 3.54. The van der Waals surface area contributed by atoms with Crippen molar-refractivity contribution in [1.82, 2.24) is 0 Å². The molecule has 0 aromatic heterocycles. The first-order valence-electron chi connectivity index (χ1n) is 2.95. The summed E-state index contributed by atoms with van der Waals surface area (Å²) in [5.41, 5.74) is 5.03. The number of phenolic OH excluding ortho intramolecular Hbond substituents is 1. The Morgan fingerprint density at radius 2 is 1.92 bits per heavy atom. The fourth-order valence-corrected chi connectivity index (χ4v) is 1.19. The Morgan fingerprint density at radius 1 is 1.38 bits per heavy atom. The van der Waals surface area contributed by atoms with Crippen molar-refractivity contribution in [1.29, 1.82) is 0 Å². The fourth-order valence-electron chi connectivity index (χ4n) is 0.688. The van der Waals surface area contributed by atoms with Crippen LogP contribution in [0.5, 0.6) is 5.75 Å². The summed E-state index contributed by atoms with van der Waals surface area (Å²) < 4.78 is 31.2. The van der Waals surface area contributed by atoms with Crippen LogP contribution in [-0.4, -0.2) is 18.1 Å². The van der Waals surface area contributed by atoms with Gasteiger partial charge in [0.05, 0.1) is 10.6 Å². The summed E-state index contributed by atoms with van der Waals surface area (Å²) in [5.74, 6) is -0.248. The second-order valence-corrected chi connectivity index (χ2v) is 3.55. The predicted molar refractivity (Wildman–Crippen MR) is 40.5 cm³/mol. The number of nitrogen functional groups attached to an aromatic ring is 1. The maximum Gasteiger partial charge on any atom is 1.00 e. The van der Waals surface area contributed by atoms with Crippen molar-refractivity contribution < 1.29 is 69.5 Å². The van der Waals surface area contributed by atoms with E-state index in [9.17, 15) is 13.0 Å². The fraction of sp³-hybridized carbons (Fsp3) is 0. The van der Waals surface area contributed by atoms with E-state index in [1.165, 1.54) is 0 Å². The Hall–Kier alpha value is 0.366. The summed E-state index contributed by atoms with van der Waals surface area (Å²) >= 11 is 0. The van der Waals surface area contributed by atoms with E-state index >= 15 is 0 Å². The SMILES string of the molecule is Nc1cc(S(=O)(=O)[O-])ccc1O.[K+]. The Balaban J connectivity index is 0.00000144. The van der Waals surface area contributed by atoms with Crippen LogP contribution < -0.4 is 57.1 Å². The van der Waals surface area contributed by atoms with Gasteiger partial charge in [-0.15, -0.1) is 0 Å². The molecule has 5 nitrogen and oxygen atoms in total. The molecule has 0 atom stereocenters. The van der Waals surface area contributed by atoms with Gasteiger partial charge in [0.15, 0.2) is 0 Å². The zero-order chi connectivity index (χ0) is 9.35. The van der Waals surface area contributed by atoms with Crippen molar-refractivity contribution in [2.45, 2.75) is 4.90 Å². The molecule has 0 radical (unpaired) electrons. The third-order valence-electron chi connectivity index (χ3n) is 1.29. The maximum atomic E-state index is 10.4. The minimum atomic E-state index is -4.48. The molecule has 7 heteroatoms. The van der Waals surface area contributed by atoms with E-state index < -0.39 is 15.0 Å². The molecular weight excluding hydrogens is 221 g/mol. The van der Waals surface area contributed by atoms with Gasteiger partial charge in [-0.3, -0.25) is 0 Å². The van der Waals surface area contributed by atoms with Gasteiger partial charge in [0.25, 0.3) is 0 Å². The number of benzene rings is 1. The van der Waals surface area contributed by atoms with Crippen molar-refractivity contribution in [3.8, 4) is 5.75 Å². The molecule has 0 fully saturated rings. The van der Waals surface area contributed by atoms with Crippen molar-refractivity contribution >= 4 is 15.8 Å². The maximum absolute atomic E-state index is 10.4. The number of aromatic hydroxyl groups is 1. The Labute approximate surface area is 118 Å². The minimum absolute atomic E-state index is 0. The zero-order valence-corrected chi connectivity index (χ0v) is 10.8. The van der Waals surface area contributed by atoms with Gasteiger partial charge < -0.3 is 15.4 Å². The standard InChI is InChI=1S/C6H7NO4S.K/c7-5-3-4(12(9,10)11)1-2-6(5)8;/h1-3,8H,7H2,(H,9,10,11);/q;+1/p-1. The number of hydrogen-bond acceptors (Lipinski definition) is 5. The van der Waals surface area contributed by atoms with Crippen LogP contribution in [0.4, 0.5) is 5.69 Å². The molecule has 1 rings (SSSR count). The predicted octanol–water partition coefficient (Wildman–Crippen LogP) is -3.12. The van der Waals surface area contributed by atoms with Crippen molar-refractivity contribution in [2.24, 2.45) is 0 Å². The molecule has 13 heavy (non-hydrogen) atoms. The summed E-state index contributed by atoms with van der Waals surface area (Å²) in [6.07, 6.45) is 0. The zero-order valence-electron chi connectivity index (χ0n) is 6.89. The van der Waals surface area contributed by atoms with Gasteiger partial charge in [-0.25, -0.2) is 8.42 Å². The van der Waals surface area contributed by atoms with Gasteiger partial charge >= 0.3 is 51.4 Å². The molecule has 0 saturated heterocycles. The van der Waals surface area contributed by atoms with Gasteiger partial charge in [-0.05, 0) is 18.2 Å². The molecule has 1 aromatic carbocycles. The van der Waals surface area contributed by atoms with Crippen molar-refractivity contribution in [2.75, 3.05) is 5.73 Å². The number of hydrogen-bond donors (Lipinski definition) is 2. The van der Waals surface area contributed by atoms with Crippen LogP contribution in [0.3, 0.4) is 0 Å². The molecule has 0 aliphatic carbocycles. The summed E-state index contributed by atoms with van der Waals surface area (Å²) in [6, 6.07) is 2.96. The molecule has 0 bridgehead atoms. The molecular formula is C6H6KNO4S. The van der Waals surface area contributed by atoms with E-state index in [-0.39, 0.29) is 62.8 Å². The van der Waals surface area contributed by atoms with Crippen LogP contribution in [0, 0.1) is 0 Å². The normalized spacial score (nSPS) is 10.5. The van der Waals surface area contributed by atoms with Crippen molar-refractivity contribution in [3.05, 3.63) is 18.2 Å². The first kappa shape index (κ1) is 13.4. The second-order valence-electron chi connectivity index (χ2n) is 2.17. The topological polar surface area (TPSA) is 103 Å². The summed E-state index contributed by atoms with van der Waals surface area (Å²) in [4.78, 5) is -0.446. The first-order chi connectivity index (χ1) is 5.41. The largest absolute Gasteiger partial charge is 1.00 e. The van der Waals surface area contributed by atoms with E-state index in [0.717, 1.165) is 18.2 Å². The molecule has 1 aromatic rings. The van der Waals surface area contributed by atoms with E-state index in [0.29, 0.717) is 0 Å². The third-order valence-corrected chi connectivity index (χ3v) is 2.12. The van der Waals surface area contributed by atoms with Crippen LogP contribution in [-0.2, 0) is 10.1 Å². The molecule has 0 aliphatic heterocycles. The van der Waals surface area contributed by atoms with E-state index in [1.807, 2.05) is 0 Å². The quantitative estimate of drug-likeness (QED) is 0.229. The smallest absolute Gasteiger partial charge is 0.744 e. The average molecular weight is 227 g/mol. The summed E-state index contributed by atoms with van der Waals surface area (Å²) in [6.45, 7) is 0. The van der Waals surface area contributed by atoms with Crippen molar-refractivity contribution in [3.63, 3.8) is 0 Å². The van der Waals surface area contributed by atoms with Crippen LogP contribution in [0.1, 0.15) is 0 Å². The first-order valence-corrected chi connectivity index (χ1v) is 4.36. The molecule has 0 unspecified atom stereocenters. The minimum Gasteiger partial charge on any atom is -0.744 e. The Morgan fingerprint density at radius 3 is 2.31 bits per heavy atom. The summed E-state index contributed by atoms with van der Waals surface area (Å²) in [5, 5.41) is 8.89. The van der Waals surface area contributed by atoms with Crippen LogP contribution in [0.2, 0.25) is 0 Å². The van der Waals surface area contributed by atoms with E-state index in [1.54, 1.807) is 0 Å². The number of rotatable bonds is 1. The monoisotopic (exact) mass is 227 g/mol.